The Hall–Kier alpha value is -4.51. The van der Waals surface area contributed by atoms with E-state index in [-0.39, 0.29) is 11.8 Å². The second kappa shape index (κ2) is 9.16. The molecule has 1 aliphatic rings. The van der Waals surface area contributed by atoms with Gasteiger partial charge in [0.05, 0.1) is 18.4 Å². The Labute approximate surface area is 198 Å². The van der Waals surface area contributed by atoms with Crippen LogP contribution in [-0.4, -0.2) is 18.0 Å². The standard InChI is InChI=1S/C29H23N3O2/c1-20(17-21-7-3-2-4-8-21)18-30-31-28(33)24-15-13-22(14-16-24)19-32-26-12-6-10-23-9-5-11-25(27(23)26)29(32)34/h2-18H,19H2,1H3,(H,31,33). The third kappa shape index (κ3) is 4.24. The highest BCUT2D eigenvalue weighted by atomic mass is 16.2. The Kier molecular flexibility index (Phi) is 5.75. The molecule has 4 aromatic carbocycles. The number of amides is 2. The Morgan fingerprint density at radius 3 is 2.41 bits per heavy atom. The molecule has 0 fully saturated rings. The molecular weight excluding hydrogens is 422 g/mol. The van der Waals surface area contributed by atoms with Gasteiger partial charge in [-0.15, -0.1) is 0 Å². The number of carbonyl (C=O) groups is 2. The molecule has 0 bridgehead atoms. The van der Waals surface area contributed by atoms with Crippen molar-refractivity contribution < 1.29 is 9.59 Å². The maximum Gasteiger partial charge on any atom is 0.271 e. The molecular formula is C29H23N3O2. The predicted molar refractivity (Wildman–Crippen MR) is 137 cm³/mol. The predicted octanol–water partition coefficient (Wildman–Crippen LogP) is 5.82. The van der Waals surface area contributed by atoms with Crippen LogP contribution in [0, 0.1) is 0 Å². The van der Waals surface area contributed by atoms with E-state index in [0.29, 0.717) is 12.1 Å². The van der Waals surface area contributed by atoms with E-state index in [2.05, 4.69) is 10.5 Å². The lowest BCUT2D eigenvalue weighted by Gasteiger charge is -2.18. The number of anilines is 1. The zero-order valence-corrected chi connectivity index (χ0v) is 18.7. The summed E-state index contributed by atoms with van der Waals surface area (Å²) in [6.07, 6.45) is 3.61. The van der Waals surface area contributed by atoms with Crippen LogP contribution in [0.1, 0.15) is 38.8 Å². The van der Waals surface area contributed by atoms with Gasteiger partial charge in [0.15, 0.2) is 0 Å². The molecule has 0 aliphatic carbocycles. The molecule has 1 aliphatic heterocycles. The van der Waals surface area contributed by atoms with E-state index >= 15 is 0 Å². The molecule has 0 saturated heterocycles. The van der Waals surface area contributed by atoms with Gasteiger partial charge in [-0.25, -0.2) is 5.43 Å². The average molecular weight is 446 g/mol. The highest BCUT2D eigenvalue weighted by Crippen LogP contribution is 2.37. The maximum atomic E-state index is 13.0. The normalized spacial score (nSPS) is 13.1. The molecule has 5 nitrogen and oxygen atoms in total. The lowest BCUT2D eigenvalue weighted by Crippen LogP contribution is -2.26. The molecule has 166 valence electrons. The van der Waals surface area contributed by atoms with Gasteiger partial charge in [0.2, 0.25) is 0 Å². The number of carbonyl (C=O) groups excluding carboxylic acids is 2. The molecule has 0 atom stereocenters. The van der Waals surface area contributed by atoms with Crippen molar-refractivity contribution in [2.24, 2.45) is 5.10 Å². The van der Waals surface area contributed by atoms with E-state index < -0.39 is 0 Å². The minimum absolute atomic E-state index is 0.00174. The zero-order valence-electron chi connectivity index (χ0n) is 18.7. The first-order valence-corrected chi connectivity index (χ1v) is 11.1. The minimum Gasteiger partial charge on any atom is -0.303 e. The van der Waals surface area contributed by atoms with Crippen molar-refractivity contribution in [2.75, 3.05) is 4.90 Å². The van der Waals surface area contributed by atoms with Crippen molar-refractivity contribution in [3.05, 3.63) is 119 Å². The number of rotatable bonds is 6. The number of hydrogen-bond acceptors (Lipinski definition) is 3. The van der Waals surface area contributed by atoms with Gasteiger partial charge in [-0.1, -0.05) is 72.8 Å². The first-order chi connectivity index (χ1) is 16.6. The Morgan fingerprint density at radius 2 is 1.65 bits per heavy atom. The van der Waals surface area contributed by atoms with Crippen LogP contribution in [0.3, 0.4) is 0 Å². The van der Waals surface area contributed by atoms with E-state index in [9.17, 15) is 9.59 Å². The fourth-order valence-corrected chi connectivity index (χ4v) is 4.19. The molecule has 34 heavy (non-hydrogen) atoms. The van der Waals surface area contributed by atoms with Crippen molar-refractivity contribution in [3.63, 3.8) is 0 Å². The lowest BCUT2D eigenvalue weighted by atomic mass is 10.1. The van der Waals surface area contributed by atoms with Gasteiger partial charge in [0.1, 0.15) is 0 Å². The number of benzene rings is 4. The van der Waals surface area contributed by atoms with Crippen molar-refractivity contribution in [3.8, 4) is 0 Å². The number of nitrogens with zero attached hydrogens (tertiary/aromatic N) is 2. The van der Waals surface area contributed by atoms with E-state index in [4.69, 9.17) is 0 Å². The molecule has 0 aromatic heterocycles. The summed E-state index contributed by atoms with van der Waals surface area (Å²) in [5, 5.41) is 6.12. The SMILES string of the molecule is CC(C=NNC(=O)c1ccc(CN2C(=O)c3cccc4cccc2c34)cc1)=Cc1ccccc1. The minimum atomic E-state index is -0.287. The van der Waals surface area contributed by atoms with Crippen LogP contribution in [0.4, 0.5) is 5.69 Å². The molecule has 0 saturated carbocycles. The van der Waals surface area contributed by atoms with Crippen LogP contribution >= 0.6 is 0 Å². The van der Waals surface area contributed by atoms with Crippen molar-refractivity contribution in [1.29, 1.82) is 0 Å². The summed E-state index contributed by atoms with van der Waals surface area (Å²) in [7, 11) is 0. The molecule has 5 rings (SSSR count). The lowest BCUT2D eigenvalue weighted by molar-refractivity contribution is 0.0953. The van der Waals surface area contributed by atoms with Crippen LogP contribution in [0.2, 0.25) is 0 Å². The molecule has 4 aromatic rings. The number of hydrazone groups is 1. The molecule has 0 unspecified atom stereocenters. The van der Waals surface area contributed by atoms with Crippen LogP contribution in [0.15, 0.2) is 102 Å². The first kappa shape index (κ1) is 21.3. The molecule has 1 heterocycles. The molecule has 0 radical (unpaired) electrons. The van der Waals surface area contributed by atoms with E-state index in [1.165, 1.54) is 0 Å². The summed E-state index contributed by atoms with van der Waals surface area (Å²) in [6, 6.07) is 28.9. The molecule has 1 N–H and O–H groups in total. The van der Waals surface area contributed by atoms with E-state index in [1.54, 1.807) is 23.2 Å². The second-order valence-electron chi connectivity index (χ2n) is 8.27. The van der Waals surface area contributed by atoms with Gasteiger partial charge >= 0.3 is 0 Å². The number of allylic oxidation sites excluding steroid dienone is 1. The fourth-order valence-electron chi connectivity index (χ4n) is 4.19. The topological polar surface area (TPSA) is 61.8 Å². The summed E-state index contributed by atoms with van der Waals surface area (Å²) in [6.45, 7) is 2.37. The smallest absolute Gasteiger partial charge is 0.271 e. The van der Waals surface area contributed by atoms with Gasteiger partial charge in [-0.3, -0.25) is 9.59 Å². The highest BCUT2D eigenvalue weighted by molar-refractivity contribution is 6.24. The Bertz CT molecular complexity index is 1430. The highest BCUT2D eigenvalue weighted by Gasteiger charge is 2.29. The van der Waals surface area contributed by atoms with Crippen molar-refractivity contribution in [2.45, 2.75) is 13.5 Å². The van der Waals surface area contributed by atoms with Crippen LogP contribution in [-0.2, 0) is 6.54 Å². The van der Waals surface area contributed by atoms with Crippen LogP contribution < -0.4 is 10.3 Å². The molecule has 5 heteroatoms. The molecule has 2 amide bonds. The van der Waals surface area contributed by atoms with Gasteiger partial charge in [-0.2, -0.15) is 5.10 Å². The summed E-state index contributed by atoms with van der Waals surface area (Å²) in [5.41, 5.74) is 7.67. The second-order valence-corrected chi connectivity index (χ2v) is 8.27. The zero-order chi connectivity index (χ0) is 23.5. The van der Waals surface area contributed by atoms with Crippen molar-refractivity contribution >= 4 is 40.6 Å². The van der Waals surface area contributed by atoms with Gasteiger partial charge in [-0.05, 0) is 53.3 Å². The third-order valence-corrected chi connectivity index (χ3v) is 5.83. The summed E-state index contributed by atoms with van der Waals surface area (Å²) >= 11 is 0. The van der Waals surface area contributed by atoms with Gasteiger partial charge < -0.3 is 4.90 Å². The average Bonchev–Trinajstić information content (AvgIpc) is 3.13. The van der Waals surface area contributed by atoms with Gasteiger partial charge in [0, 0.05) is 16.5 Å². The van der Waals surface area contributed by atoms with Gasteiger partial charge in [0.25, 0.3) is 11.8 Å². The quantitative estimate of drug-likeness (QED) is 0.300. The monoisotopic (exact) mass is 445 g/mol. The summed E-state index contributed by atoms with van der Waals surface area (Å²) in [5.74, 6) is -0.286. The van der Waals surface area contributed by atoms with Crippen LogP contribution in [0.25, 0.3) is 16.8 Å². The number of hydrogen-bond donors (Lipinski definition) is 1. The maximum absolute atomic E-state index is 13.0. The van der Waals surface area contributed by atoms with Crippen LogP contribution in [0.5, 0.6) is 0 Å². The number of nitrogens with one attached hydrogen (secondary N) is 1. The van der Waals surface area contributed by atoms with Crippen molar-refractivity contribution in [1.82, 2.24) is 5.43 Å². The largest absolute Gasteiger partial charge is 0.303 e. The Morgan fingerprint density at radius 1 is 0.912 bits per heavy atom. The first-order valence-electron chi connectivity index (χ1n) is 11.1. The van der Waals surface area contributed by atoms with E-state index in [1.807, 2.05) is 91.9 Å². The Balaban J connectivity index is 1.24. The third-order valence-electron chi connectivity index (χ3n) is 5.83. The molecule has 0 spiro atoms. The fraction of sp³-hybridized carbons (Fsp3) is 0.0690. The summed E-state index contributed by atoms with van der Waals surface area (Å²) < 4.78 is 0. The summed E-state index contributed by atoms with van der Waals surface area (Å²) in [4.78, 5) is 27.2. The van der Waals surface area contributed by atoms with E-state index in [0.717, 1.165) is 38.7 Å².